The van der Waals surface area contributed by atoms with Crippen molar-refractivity contribution in [2.24, 2.45) is 5.92 Å². The molecule has 0 saturated heterocycles. The Bertz CT molecular complexity index is 196. The van der Waals surface area contributed by atoms with Gasteiger partial charge in [0, 0.05) is 13.0 Å². The van der Waals surface area contributed by atoms with Crippen LogP contribution in [0, 0.1) is 5.92 Å². The van der Waals surface area contributed by atoms with Crippen molar-refractivity contribution in [3.63, 3.8) is 0 Å². The van der Waals surface area contributed by atoms with Crippen LogP contribution in [0.4, 0.5) is 0 Å². The molecule has 2 nitrogen and oxygen atoms in total. The molecule has 0 heterocycles. The molecule has 0 bridgehead atoms. The molecular formula is C12H22O2. The van der Waals surface area contributed by atoms with Gasteiger partial charge in [0.05, 0.1) is 0 Å². The molecule has 1 saturated carbocycles. The molecule has 0 amide bonds. The van der Waals surface area contributed by atoms with E-state index in [0.717, 1.165) is 18.8 Å². The molecule has 1 rings (SSSR count). The summed E-state index contributed by atoms with van der Waals surface area (Å²) in [5.41, 5.74) is -0.524. The van der Waals surface area contributed by atoms with E-state index in [2.05, 4.69) is 0 Å². The number of carbonyl (C=O) groups excluding carboxylic acids is 1. The van der Waals surface area contributed by atoms with E-state index in [0.29, 0.717) is 13.0 Å². The minimum absolute atomic E-state index is 0.286. The van der Waals surface area contributed by atoms with Crippen LogP contribution in [-0.2, 0) is 9.53 Å². The Morgan fingerprint density at radius 3 is 2.50 bits per heavy atom. The second kappa shape index (κ2) is 4.92. The van der Waals surface area contributed by atoms with Crippen molar-refractivity contribution in [3.8, 4) is 0 Å². The smallest absolute Gasteiger partial charge is 0.164 e. The maximum atomic E-state index is 11.9. The molecule has 0 aromatic rings. The molecule has 1 atom stereocenters. The molecule has 0 aromatic heterocycles. The summed E-state index contributed by atoms with van der Waals surface area (Å²) in [6.45, 7) is 6.51. The highest BCUT2D eigenvalue weighted by molar-refractivity contribution is 5.86. The third-order valence-electron chi connectivity index (χ3n) is 3.20. The van der Waals surface area contributed by atoms with Crippen molar-refractivity contribution in [3.05, 3.63) is 0 Å². The zero-order valence-electron chi connectivity index (χ0n) is 9.64. The van der Waals surface area contributed by atoms with Crippen molar-refractivity contribution < 1.29 is 9.53 Å². The lowest BCUT2D eigenvalue weighted by molar-refractivity contribution is -0.142. The number of rotatable bonds is 7. The molecule has 0 aromatic carbocycles. The normalized spacial score (nSPS) is 20.5. The van der Waals surface area contributed by atoms with Crippen LogP contribution in [0.1, 0.15) is 52.9 Å². The molecule has 1 unspecified atom stereocenters. The first-order chi connectivity index (χ1) is 6.62. The van der Waals surface area contributed by atoms with Gasteiger partial charge >= 0.3 is 0 Å². The van der Waals surface area contributed by atoms with Gasteiger partial charge in [-0.3, -0.25) is 4.79 Å². The fraction of sp³-hybridized carbons (Fsp3) is 0.917. The van der Waals surface area contributed by atoms with Crippen molar-refractivity contribution in [1.29, 1.82) is 0 Å². The summed E-state index contributed by atoms with van der Waals surface area (Å²) in [5.74, 6) is 1.12. The molecule has 0 aliphatic heterocycles. The Morgan fingerprint density at radius 1 is 1.43 bits per heavy atom. The van der Waals surface area contributed by atoms with Gasteiger partial charge in [0.15, 0.2) is 5.78 Å². The molecule has 1 fully saturated rings. The number of ketones is 1. The fourth-order valence-electron chi connectivity index (χ4n) is 1.70. The van der Waals surface area contributed by atoms with Gasteiger partial charge in [-0.1, -0.05) is 19.8 Å². The highest BCUT2D eigenvalue weighted by atomic mass is 16.5. The van der Waals surface area contributed by atoms with Gasteiger partial charge in [-0.25, -0.2) is 0 Å². The predicted octanol–water partition coefficient (Wildman–Crippen LogP) is 2.95. The maximum absolute atomic E-state index is 11.9. The van der Waals surface area contributed by atoms with Gasteiger partial charge in [0.25, 0.3) is 0 Å². The highest BCUT2D eigenvalue weighted by Crippen LogP contribution is 2.34. The number of hydrogen-bond donors (Lipinski definition) is 0. The topological polar surface area (TPSA) is 26.3 Å². The quantitative estimate of drug-likeness (QED) is 0.628. The summed E-state index contributed by atoms with van der Waals surface area (Å²) in [6.07, 6.45) is 5.20. The molecule has 0 spiro atoms. The van der Waals surface area contributed by atoms with Crippen LogP contribution < -0.4 is 0 Å². The van der Waals surface area contributed by atoms with E-state index in [1.54, 1.807) is 0 Å². The fourth-order valence-corrected chi connectivity index (χ4v) is 1.70. The van der Waals surface area contributed by atoms with Crippen LogP contribution in [0.5, 0.6) is 0 Å². The van der Waals surface area contributed by atoms with Crippen molar-refractivity contribution in [2.75, 3.05) is 6.61 Å². The van der Waals surface area contributed by atoms with Gasteiger partial charge < -0.3 is 4.74 Å². The Morgan fingerprint density at radius 2 is 2.07 bits per heavy atom. The molecule has 1 aliphatic carbocycles. The lowest BCUT2D eigenvalue weighted by Gasteiger charge is -2.26. The number of Topliss-reactive ketones (excluding diaryl/α,β-unsaturated/α-hetero) is 1. The van der Waals surface area contributed by atoms with Gasteiger partial charge in [0.1, 0.15) is 5.60 Å². The predicted molar refractivity (Wildman–Crippen MR) is 57.3 cm³/mol. The Hall–Kier alpha value is -0.370. The molecular weight excluding hydrogens is 176 g/mol. The standard InChI is InChI=1S/C12H22O2/c1-4-12(3,14-5-2)11(13)9-8-10-6-7-10/h10H,4-9H2,1-3H3. The molecule has 1 aliphatic rings. The minimum Gasteiger partial charge on any atom is -0.368 e. The second-order valence-electron chi connectivity index (χ2n) is 4.42. The van der Waals surface area contributed by atoms with Crippen LogP contribution in [0.2, 0.25) is 0 Å². The maximum Gasteiger partial charge on any atom is 0.164 e. The van der Waals surface area contributed by atoms with Gasteiger partial charge in [-0.2, -0.15) is 0 Å². The summed E-state index contributed by atoms with van der Waals surface area (Å²) >= 11 is 0. The first-order valence-corrected chi connectivity index (χ1v) is 5.79. The summed E-state index contributed by atoms with van der Waals surface area (Å²) in [5, 5.41) is 0. The molecule has 14 heavy (non-hydrogen) atoms. The van der Waals surface area contributed by atoms with E-state index in [1.807, 2.05) is 20.8 Å². The van der Waals surface area contributed by atoms with Crippen LogP contribution in [-0.4, -0.2) is 18.0 Å². The number of ether oxygens (including phenoxy) is 1. The Balaban J connectivity index is 2.36. The average Bonchev–Trinajstić information content (AvgIpc) is 2.98. The zero-order chi connectivity index (χ0) is 10.6. The minimum atomic E-state index is -0.524. The second-order valence-corrected chi connectivity index (χ2v) is 4.42. The van der Waals surface area contributed by atoms with E-state index >= 15 is 0 Å². The molecule has 2 heteroatoms. The number of hydrogen-bond acceptors (Lipinski definition) is 2. The van der Waals surface area contributed by atoms with Crippen LogP contribution in [0.3, 0.4) is 0 Å². The van der Waals surface area contributed by atoms with Crippen molar-refractivity contribution in [1.82, 2.24) is 0 Å². The van der Waals surface area contributed by atoms with Crippen LogP contribution >= 0.6 is 0 Å². The number of carbonyl (C=O) groups is 1. The average molecular weight is 198 g/mol. The summed E-state index contributed by atoms with van der Waals surface area (Å²) in [4.78, 5) is 11.9. The summed E-state index contributed by atoms with van der Waals surface area (Å²) in [7, 11) is 0. The molecule has 0 N–H and O–H groups in total. The zero-order valence-corrected chi connectivity index (χ0v) is 9.64. The summed E-state index contributed by atoms with van der Waals surface area (Å²) in [6, 6.07) is 0. The molecule has 82 valence electrons. The van der Waals surface area contributed by atoms with Crippen LogP contribution in [0.15, 0.2) is 0 Å². The lowest BCUT2D eigenvalue weighted by Crippen LogP contribution is -2.37. The van der Waals surface area contributed by atoms with E-state index in [1.165, 1.54) is 12.8 Å². The Labute approximate surface area is 87.0 Å². The lowest BCUT2D eigenvalue weighted by atomic mass is 9.93. The SMILES string of the molecule is CCOC(C)(CC)C(=O)CCC1CC1. The first kappa shape index (κ1) is 11.7. The van der Waals surface area contributed by atoms with Crippen molar-refractivity contribution in [2.45, 2.75) is 58.5 Å². The van der Waals surface area contributed by atoms with Crippen LogP contribution in [0.25, 0.3) is 0 Å². The highest BCUT2D eigenvalue weighted by Gasteiger charge is 2.32. The molecule has 0 radical (unpaired) electrons. The first-order valence-electron chi connectivity index (χ1n) is 5.79. The van der Waals surface area contributed by atoms with E-state index in [4.69, 9.17) is 4.74 Å². The monoisotopic (exact) mass is 198 g/mol. The van der Waals surface area contributed by atoms with Crippen molar-refractivity contribution >= 4 is 5.78 Å². The van der Waals surface area contributed by atoms with E-state index < -0.39 is 5.60 Å². The third-order valence-corrected chi connectivity index (χ3v) is 3.20. The van der Waals surface area contributed by atoms with Gasteiger partial charge in [-0.15, -0.1) is 0 Å². The van der Waals surface area contributed by atoms with Gasteiger partial charge in [0.2, 0.25) is 0 Å². The Kier molecular flexibility index (Phi) is 4.11. The van der Waals surface area contributed by atoms with Gasteiger partial charge in [-0.05, 0) is 32.6 Å². The van der Waals surface area contributed by atoms with E-state index in [-0.39, 0.29) is 5.78 Å². The third kappa shape index (κ3) is 3.09. The largest absolute Gasteiger partial charge is 0.368 e. The summed E-state index contributed by atoms with van der Waals surface area (Å²) < 4.78 is 5.54. The van der Waals surface area contributed by atoms with E-state index in [9.17, 15) is 4.79 Å².